The fraction of sp³-hybridized carbons (Fsp3) is 0.312. The Morgan fingerprint density at radius 3 is 2.13 bits per heavy atom. The minimum atomic E-state index is -4.80. The number of carbonyl (C=O) groups is 3. The molecular weight excluding hydrogens is 652 g/mol. The van der Waals surface area contributed by atoms with Crippen molar-refractivity contribution >= 4 is 40.3 Å². The van der Waals surface area contributed by atoms with Gasteiger partial charge in [0.05, 0.1) is 11.4 Å². The molecule has 0 spiro atoms. The number of hydrogen-bond acceptors (Lipinski definition) is 6. The summed E-state index contributed by atoms with van der Waals surface area (Å²) < 4.78 is 84.1. The largest absolute Gasteiger partial charge is 0.573 e. The van der Waals surface area contributed by atoms with Crippen LogP contribution in [0.5, 0.6) is 11.5 Å². The van der Waals surface area contributed by atoms with Gasteiger partial charge >= 0.3 is 18.6 Å². The van der Waals surface area contributed by atoms with E-state index in [1.54, 1.807) is 44.2 Å². The topological polar surface area (TPSA) is 97.3 Å². The van der Waals surface area contributed by atoms with E-state index in [0.29, 0.717) is 17.5 Å². The number of urea groups is 1. The Labute approximate surface area is 270 Å². The van der Waals surface area contributed by atoms with E-state index in [2.05, 4.69) is 15.0 Å². The van der Waals surface area contributed by atoms with Gasteiger partial charge in [0.2, 0.25) is 5.91 Å². The molecule has 47 heavy (non-hydrogen) atoms. The summed E-state index contributed by atoms with van der Waals surface area (Å²) in [6, 6.07) is 15.4. The number of carbonyl (C=O) groups excluding carboxylic acids is 3. The van der Waals surface area contributed by atoms with Crippen molar-refractivity contribution in [1.82, 2.24) is 5.32 Å². The number of aryl methyl sites for hydroxylation is 1. The quantitative estimate of drug-likeness (QED) is 0.220. The van der Waals surface area contributed by atoms with Crippen LogP contribution in [0.4, 0.5) is 36.8 Å². The molecule has 15 heteroatoms. The Morgan fingerprint density at radius 2 is 1.53 bits per heavy atom. The van der Waals surface area contributed by atoms with Crippen LogP contribution >= 0.6 is 11.8 Å². The molecule has 0 aliphatic carbocycles. The van der Waals surface area contributed by atoms with E-state index in [1.165, 1.54) is 24.3 Å². The summed E-state index contributed by atoms with van der Waals surface area (Å²) >= 11 is 0.974. The summed E-state index contributed by atoms with van der Waals surface area (Å²) in [6.45, 7) is 1.89. The van der Waals surface area contributed by atoms with Gasteiger partial charge in [-0.3, -0.25) is 14.5 Å². The van der Waals surface area contributed by atoms with Gasteiger partial charge in [0, 0.05) is 18.9 Å². The van der Waals surface area contributed by atoms with Gasteiger partial charge in [0.1, 0.15) is 17.3 Å². The molecule has 1 heterocycles. The summed E-state index contributed by atoms with van der Waals surface area (Å²) in [4.78, 5) is 43.1. The van der Waals surface area contributed by atoms with E-state index in [0.717, 1.165) is 39.9 Å². The second-order valence-electron chi connectivity index (χ2n) is 10.7. The maximum Gasteiger partial charge on any atom is 0.573 e. The molecule has 1 unspecified atom stereocenters. The molecule has 0 saturated carbocycles. The number of rotatable bonds is 11. The number of thioether (sulfide) groups is 1. The van der Waals surface area contributed by atoms with E-state index in [-0.39, 0.29) is 46.7 Å². The first-order valence-electron chi connectivity index (χ1n) is 14.1. The van der Waals surface area contributed by atoms with Gasteiger partial charge in [-0.15, -0.1) is 13.2 Å². The molecule has 1 aliphatic rings. The summed E-state index contributed by atoms with van der Waals surface area (Å²) in [7, 11) is 0. The summed E-state index contributed by atoms with van der Waals surface area (Å²) in [5.41, 5.74) is 2.84. The smallest absolute Gasteiger partial charge is 0.482 e. The molecule has 0 radical (unpaired) electrons. The number of nitrogens with zero attached hydrogens (tertiary/aromatic N) is 2. The molecular formula is C32H29F6N3O5S. The van der Waals surface area contributed by atoms with Gasteiger partial charge in [-0.25, -0.2) is 4.79 Å². The van der Waals surface area contributed by atoms with Crippen molar-refractivity contribution in [3.05, 3.63) is 89.0 Å². The third-order valence-electron chi connectivity index (χ3n) is 6.60. The lowest BCUT2D eigenvalue weighted by atomic mass is 10.00. The Bertz CT molecular complexity index is 1630. The van der Waals surface area contributed by atoms with Crippen molar-refractivity contribution < 1.29 is 50.2 Å². The molecule has 0 aromatic heterocycles. The fourth-order valence-electron chi connectivity index (χ4n) is 4.62. The molecule has 250 valence electrons. The van der Waals surface area contributed by atoms with Crippen molar-refractivity contribution in [3.63, 3.8) is 0 Å². The van der Waals surface area contributed by atoms with Gasteiger partial charge < -0.3 is 14.8 Å². The first-order chi connectivity index (χ1) is 22.0. The monoisotopic (exact) mass is 681 g/mol. The Hall–Kier alpha value is -4.53. The number of benzene rings is 3. The predicted octanol–water partition coefficient (Wildman–Crippen LogP) is 6.97. The van der Waals surface area contributed by atoms with Crippen LogP contribution in [0.3, 0.4) is 0 Å². The van der Waals surface area contributed by atoms with E-state index in [1.807, 2.05) is 0 Å². The molecule has 1 atom stereocenters. The number of anilines is 1. The molecule has 3 aromatic rings. The first kappa shape index (κ1) is 35.3. The molecule has 8 nitrogen and oxygen atoms in total. The Kier molecular flexibility index (Phi) is 11.2. The first-order valence-corrected chi connectivity index (χ1v) is 15.1. The van der Waals surface area contributed by atoms with Crippen LogP contribution in [0.15, 0.2) is 71.7 Å². The Balaban J connectivity index is 1.32. The molecule has 1 saturated heterocycles. The minimum absolute atomic E-state index is 0.00163. The lowest BCUT2D eigenvalue weighted by Crippen LogP contribution is -2.35. The van der Waals surface area contributed by atoms with Crippen molar-refractivity contribution in [2.75, 3.05) is 17.3 Å². The van der Waals surface area contributed by atoms with Crippen LogP contribution in [-0.2, 0) is 28.9 Å². The van der Waals surface area contributed by atoms with Crippen LogP contribution < -0.4 is 19.7 Å². The minimum Gasteiger partial charge on any atom is -0.482 e. The lowest BCUT2D eigenvalue weighted by molar-refractivity contribution is -0.274. The van der Waals surface area contributed by atoms with Gasteiger partial charge in [-0.05, 0) is 66.8 Å². The molecule has 1 aliphatic heterocycles. The summed E-state index contributed by atoms with van der Waals surface area (Å²) in [6.07, 6.45) is -8.84. The number of amides is 3. The van der Waals surface area contributed by atoms with E-state index in [9.17, 15) is 40.7 Å². The van der Waals surface area contributed by atoms with Gasteiger partial charge in [-0.2, -0.15) is 18.2 Å². The summed E-state index contributed by atoms with van der Waals surface area (Å²) in [5, 5.41) is 2.72. The molecule has 4 rings (SSSR count). The number of ketones is 1. The molecule has 3 amide bonds. The number of aliphatic imine (C=N–C) groups is 1. The van der Waals surface area contributed by atoms with Crippen molar-refractivity contribution in [3.8, 4) is 11.5 Å². The average molecular weight is 682 g/mol. The van der Waals surface area contributed by atoms with Crippen LogP contribution in [0.1, 0.15) is 29.2 Å². The standard InChI is InChI=1S/C32H29F6N3O5S/c1-19-3-12-27(45-18-31(33,34)35)26(13-19)41-28(43)17-47-30(41)40-29(44)39-20(2)14-21-4-6-22(7-5-21)15-24(42)16-23-8-10-25(11-9-23)46-32(36,37)38/h3-13,20H,14-18H2,1-2H3,(H,39,44). The maximum atomic E-state index is 12.8. The van der Waals surface area contributed by atoms with Crippen LogP contribution in [-0.4, -0.2) is 53.8 Å². The number of nitrogens with one attached hydrogen (secondary N) is 1. The zero-order valence-corrected chi connectivity index (χ0v) is 25.9. The highest BCUT2D eigenvalue weighted by Gasteiger charge is 2.35. The van der Waals surface area contributed by atoms with Gasteiger partial charge in [-0.1, -0.05) is 54.2 Å². The van der Waals surface area contributed by atoms with E-state index in [4.69, 9.17) is 4.74 Å². The van der Waals surface area contributed by atoms with Crippen molar-refractivity contribution in [2.24, 2.45) is 4.99 Å². The number of alkyl halides is 6. The summed E-state index contributed by atoms with van der Waals surface area (Å²) in [5.74, 6) is -1.21. The average Bonchev–Trinajstić information content (AvgIpc) is 3.32. The number of Topliss-reactive ketones (excluding diaryl/α,β-unsaturated/α-hetero) is 1. The molecule has 1 fully saturated rings. The highest BCUT2D eigenvalue weighted by Crippen LogP contribution is 2.36. The zero-order chi connectivity index (χ0) is 34.4. The molecule has 1 N–H and O–H groups in total. The highest BCUT2D eigenvalue weighted by atomic mass is 32.2. The SMILES string of the molecule is Cc1ccc(OCC(F)(F)F)c(N2C(=O)CSC2=NC(=O)NC(C)Cc2ccc(CC(=O)Cc3ccc(OC(F)(F)F)cc3)cc2)c1. The van der Waals surface area contributed by atoms with E-state index >= 15 is 0 Å². The Morgan fingerprint density at radius 1 is 0.936 bits per heavy atom. The fourth-order valence-corrected chi connectivity index (χ4v) is 5.48. The second kappa shape index (κ2) is 14.9. The van der Waals surface area contributed by atoms with E-state index < -0.39 is 37.1 Å². The van der Waals surface area contributed by atoms with Gasteiger partial charge in [0.15, 0.2) is 11.8 Å². The van der Waals surface area contributed by atoms with Crippen LogP contribution in [0.25, 0.3) is 0 Å². The highest BCUT2D eigenvalue weighted by molar-refractivity contribution is 8.15. The lowest BCUT2D eigenvalue weighted by Gasteiger charge is -2.21. The predicted molar refractivity (Wildman–Crippen MR) is 164 cm³/mol. The number of ether oxygens (including phenoxy) is 2. The second-order valence-corrected chi connectivity index (χ2v) is 11.7. The zero-order valence-electron chi connectivity index (χ0n) is 25.1. The number of amidine groups is 1. The van der Waals surface area contributed by atoms with Crippen molar-refractivity contribution in [2.45, 2.75) is 51.7 Å². The van der Waals surface area contributed by atoms with Gasteiger partial charge in [0.25, 0.3) is 0 Å². The van der Waals surface area contributed by atoms with Crippen LogP contribution in [0, 0.1) is 6.92 Å². The number of hydrogen-bond donors (Lipinski definition) is 1. The van der Waals surface area contributed by atoms with Crippen LogP contribution in [0.2, 0.25) is 0 Å². The maximum absolute atomic E-state index is 12.8. The third kappa shape index (κ3) is 11.0. The normalized spacial score (nSPS) is 15.1. The third-order valence-corrected chi connectivity index (χ3v) is 7.53. The van der Waals surface area contributed by atoms with Crippen molar-refractivity contribution in [1.29, 1.82) is 0 Å². The molecule has 0 bridgehead atoms. The molecule has 3 aromatic carbocycles. The number of halogens is 6.